The number of hydrazone groups is 1. The van der Waals surface area contributed by atoms with Crippen LogP contribution in [0.2, 0.25) is 0 Å². The molecule has 2 aromatic carbocycles. The van der Waals surface area contributed by atoms with Crippen LogP contribution >= 0.6 is 0 Å². The zero-order valence-electron chi connectivity index (χ0n) is 16.2. The van der Waals surface area contributed by atoms with Gasteiger partial charge in [0.15, 0.2) is 5.84 Å². The SMILES string of the molecule is C/C(=N\OCc1ccc(C(F)(F)F)cc1)c1ccc(OCC2=NNNN2C)cc1O. The minimum Gasteiger partial charge on any atom is -0.507 e. The van der Waals surface area contributed by atoms with E-state index in [1.165, 1.54) is 18.2 Å². The van der Waals surface area contributed by atoms with E-state index in [0.29, 0.717) is 28.4 Å². The Bertz CT molecular complexity index is 945. The van der Waals surface area contributed by atoms with Crippen LogP contribution in [0.4, 0.5) is 13.2 Å². The van der Waals surface area contributed by atoms with Gasteiger partial charge in [-0.2, -0.15) is 13.2 Å². The molecule has 1 heterocycles. The van der Waals surface area contributed by atoms with E-state index in [4.69, 9.17) is 9.57 Å². The maximum atomic E-state index is 12.6. The molecule has 0 aliphatic carbocycles. The third-order valence-electron chi connectivity index (χ3n) is 4.23. The number of ether oxygens (including phenoxy) is 1. The van der Waals surface area contributed by atoms with Gasteiger partial charge in [0.2, 0.25) is 0 Å². The molecule has 11 heteroatoms. The third-order valence-corrected chi connectivity index (χ3v) is 4.23. The number of hydrogen-bond donors (Lipinski definition) is 3. The fourth-order valence-corrected chi connectivity index (χ4v) is 2.53. The van der Waals surface area contributed by atoms with Gasteiger partial charge in [0.1, 0.15) is 24.7 Å². The average molecular weight is 423 g/mol. The van der Waals surface area contributed by atoms with Gasteiger partial charge in [-0.3, -0.25) is 5.01 Å². The predicted molar refractivity (Wildman–Crippen MR) is 104 cm³/mol. The molecule has 0 radical (unpaired) electrons. The molecule has 30 heavy (non-hydrogen) atoms. The second kappa shape index (κ2) is 8.91. The highest BCUT2D eigenvalue weighted by molar-refractivity contribution is 6.00. The average Bonchev–Trinajstić information content (AvgIpc) is 3.11. The van der Waals surface area contributed by atoms with Gasteiger partial charge in [-0.1, -0.05) is 17.3 Å². The van der Waals surface area contributed by atoms with E-state index in [9.17, 15) is 18.3 Å². The Morgan fingerprint density at radius 3 is 2.50 bits per heavy atom. The Morgan fingerprint density at radius 2 is 1.90 bits per heavy atom. The van der Waals surface area contributed by atoms with E-state index < -0.39 is 11.7 Å². The van der Waals surface area contributed by atoms with Crippen molar-refractivity contribution in [3.05, 3.63) is 59.2 Å². The first kappa shape index (κ1) is 21.2. The standard InChI is InChI=1S/C19H20F3N5O3/c1-12(24-30-10-13-3-5-14(6-4-13)19(20,21)22)16-8-7-15(9-17(16)28)29-11-18-23-25-26-27(18)2/h3-9,25-26,28H,10-11H2,1-2H3/b24-12+. The first-order valence-electron chi connectivity index (χ1n) is 8.84. The van der Waals surface area contributed by atoms with Crippen molar-refractivity contribution in [2.24, 2.45) is 10.3 Å². The Balaban J connectivity index is 1.56. The molecule has 1 aliphatic heterocycles. The fourth-order valence-electron chi connectivity index (χ4n) is 2.53. The van der Waals surface area contributed by atoms with E-state index in [0.717, 1.165) is 12.1 Å². The van der Waals surface area contributed by atoms with E-state index in [-0.39, 0.29) is 19.0 Å². The maximum absolute atomic E-state index is 12.6. The molecule has 0 fully saturated rings. The van der Waals surface area contributed by atoms with Gasteiger partial charge in [-0.25, -0.2) is 5.53 Å². The van der Waals surface area contributed by atoms with Crippen LogP contribution in [0, 0.1) is 0 Å². The number of phenols is 1. The van der Waals surface area contributed by atoms with Crippen molar-refractivity contribution in [1.29, 1.82) is 0 Å². The monoisotopic (exact) mass is 423 g/mol. The van der Waals surface area contributed by atoms with Gasteiger partial charge in [-0.15, -0.1) is 10.6 Å². The largest absolute Gasteiger partial charge is 0.507 e. The number of oxime groups is 1. The summed E-state index contributed by atoms with van der Waals surface area (Å²) in [5.74, 6) is 1.02. The van der Waals surface area contributed by atoms with Crippen LogP contribution < -0.4 is 15.8 Å². The molecule has 0 atom stereocenters. The van der Waals surface area contributed by atoms with Crippen LogP contribution in [-0.4, -0.2) is 35.3 Å². The van der Waals surface area contributed by atoms with E-state index in [2.05, 4.69) is 21.3 Å². The molecular weight excluding hydrogens is 403 g/mol. The molecule has 0 amide bonds. The molecule has 0 bridgehead atoms. The van der Waals surface area contributed by atoms with Crippen LogP contribution in [0.15, 0.2) is 52.7 Å². The summed E-state index contributed by atoms with van der Waals surface area (Å²) in [5, 5.41) is 19.8. The summed E-state index contributed by atoms with van der Waals surface area (Å²) < 4.78 is 43.3. The number of halogens is 3. The number of hydrogen-bond acceptors (Lipinski definition) is 8. The van der Waals surface area contributed by atoms with Gasteiger partial charge in [0.25, 0.3) is 0 Å². The van der Waals surface area contributed by atoms with Crippen LogP contribution in [0.3, 0.4) is 0 Å². The smallest absolute Gasteiger partial charge is 0.416 e. The normalized spacial score (nSPS) is 14.4. The van der Waals surface area contributed by atoms with Crippen LogP contribution in [0.25, 0.3) is 0 Å². The summed E-state index contributed by atoms with van der Waals surface area (Å²) in [6.07, 6.45) is -4.38. The molecule has 3 N–H and O–H groups in total. The Labute approximate surface area is 170 Å². The zero-order chi connectivity index (χ0) is 21.7. The van der Waals surface area contributed by atoms with E-state index in [1.807, 2.05) is 0 Å². The number of aromatic hydroxyl groups is 1. The van der Waals surface area contributed by atoms with Crippen molar-refractivity contribution in [2.75, 3.05) is 13.7 Å². The molecule has 160 valence electrons. The van der Waals surface area contributed by atoms with Crippen molar-refractivity contribution >= 4 is 11.5 Å². The number of rotatable bonds is 7. The summed E-state index contributed by atoms with van der Waals surface area (Å²) in [5.41, 5.74) is 6.00. The number of nitrogens with zero attached hydrogens (tertiary/aromatic N) is 3. The lowest BCUT2D eigenvalue weighted by atomic mass is 10.1. The zero-order valence-corrected chi connectivity index (χ0v) is 16.2. The number of benzene rings is 2. The molecule has 0 saturated carbocycles. The highest BCUT2D eigenvalue weighted by Crippen LogP contribution is 2.29. The number of amidine groups is 1. The highest BCUT2D eigenvalue weighted by atomic mass is 19.4. The molecule has 0 spiro atoms. The molecular formula is C19H20F3N5O3. The topological polar surface area (TPSA) is 90.7 Å². The number of alkyl halides is 3. The number of nitrogens with one attached hydrogen (secondary N) is 2. The Hall–Kier alpha value is -3.47. The van der Waals surface area contributed by atoms with E-state index >= 15 is 0 Å². The van der Waals surface area contributed by atoms with Gasteiger partial charge in [-0.05, 0) is 36.8 Å². The Morgan fingerprint density at radius 1 is 1.17 bits per heavy atom. The minimum absolute atomic E-state index is 0.00483. The molecule has 0 unspecified atom stereocenters. The third kappa shape index (κ3) is 5.32. The van der Waals surface area contributed by atoms with Crippen molar-refractivity contribution in [2.45, 2.75) is 19.7 Å². The van der Waals surface area contributed by atoms with E-state index in [1.54, 1.807) is 31.1 Å². The molecule has 1 aliphatic rings. The van der Waals surface area contributed by atoms with Crippen LogP contribution in [0.5, 0.6) is 11.5 Å². The highest BCUT2D eigenvalue weighted by Gasteiger charge is 2.29. The lowest BCUT2D eigenvalue weighted by Crippen LogP contribution is -2.39. The summed E-state index contributed by atoms with van der Waals surface area (Å²) in [4.78, 5) is 5.20. The molecule has 0 aromatic heterocycles. The summed E-state index contributed by atoms with van der Waals surface area (Å²) in [6, 6.07) is 9.37. The molecule has 3 rings (SSSR count). The van der Waals surface area contributed by atoms with Gasteiger partial charge < -0.3 is 14.7 Å². The molecule has 8 nitrogen and oxygen atoms in total. The maximum Gasteiger partial charge on any atom is 0.416 e. The van der Waals surface area contributed by atoms with Crippen molar-refractivity contribution in [3.8, 4) is 11.5 Å². The second-order valence-electron chi connectivity index (χ2n) is 6.42. The first-order chi connectivity index (χ1) is 14.2. The number of likely N-dealkylation sites (N-methyl/N-ethyl adjacent to an activating group) is 1. The van der Waals surface area contributed by atoms with Crippen molar-refractivity contribution < 1.29 is 27.9 Å². The predicted octanol–water partition coefficient (Wildman–Crippen LogP) is 3.00. The summed E-state index contributed by atoms with van der Waals surface area (Å²) >= 11 is 0. The fraction of sp³-hybridized carbons (Fsp3) is 0.263. The molecule has 0 saturated heterocycles. The quantitative estimate of drug-likeness (QED) is 0.469. The summed E-state index contributed by atoms with van der Waals surface area (Å²) in [6.45, 7) is 1.83. The van der Waals surface area contributed by atoms with Crippen molar-refractivity contribution in [3.63, 3.8) is 0 Å². The van der Waals surface area contributed by atoms with Crippen LogP contribution in [-0.2, 0) is 17.6 Å². The molecule has 2 aromatic rings. The second-order valence-corrected chi connectivity index (χ2v) is 6.42. The lowest BCUT2D eigenvalue weighted by Gasteiger charge is -2.13. The first-order valence-corrected chi connectivity index (χ1v) is 8.84. The summed E-state index contributed by atoms with van der Waals surface area (Å²) in [7, 11) is 1.77. The van der Waals surface area contributed by atoms with Gasteiger partial charge >= 0.3 is 6.18 Å². The van der Waals surface area contributed by atoms with Gasteiger partial charge in [0.05, 0.1) is 11.3 Å². The Kier molecular flexibility index (Phi) is 6.31. The number of phenolic OH excluding ortho intramolecular Hbond substituents is 1. The van der Waals surface area contributed by atoms with Crippen molar-refractivity contribution in [1.82, 2.24) is 16.1 Å². The number of hydrazine groups is 2. The van der Waals surface area contributed by atoms with Gasteiger partial charge in [0, 0.05) is 18.7 Å². The van der Waals surface area contributed by atoms with Crippen LogP contribution in [0.1, 0.15) is 23.6 Å². The lowest BCUT2D eigenvalue weighted by molar-refractivity contribution is -0.137. The minimum atomic E-state index is -4.38.